The number of carbonyl (C=O) groups excluding carboxylic acids is 3. The maximum atomic E-state index is 13.2. The monoisotopic (exact) mass is 431 g/mol. The molecule has 3 aromatic heterocycles. The number of fused-ring (bicyclic) bond motifs is 2. The highest BCUT2D eigenvalue weighted by atomic mass is 32.1. The van der Waals surface area contributed by atoms with Gasteiger partial charge in [0.15, 0.2) is 0 Å². The molecular formula is C22H13N3O5S. The van der Waals surface area contributed by atoms with Gasteiger partial charge in [0.05, 0.1) is 38.3 Å². The molecule has 8 nitrogen and oxygen atoms in total. The van der Waals surface area contributed by atoms with Gasteiger partial charge in [0.25, 0.3) is 17.5 Å². The lowest BCUT2D eigenvalue weighted by molar-refractivity contribution is -0.0583. The van der Waals surface area contributed by atoms with Crippen LogP contribution in [0.2, 0.25) is 0 Å². The largest absolute Gasteiger partial charge is 0.364 e. The Morgan fingerprint density at radius 2 is 1.84 bits per heavy atom. The van der Waals surface area contributed by atoms with E-state index in [0.717, 1.165) is 17.7 Å². The molecule has 0 unspecified atom stereocenters. The maximum Gasteiger partial charge on any atom is 0.364 e. The molecule has 0 saturated heterocycles. The van der Waals surface area contributed by atoms with Crippen LogP contribution >= 0.6 is 11.3 Å². The van der Waals surface area contributed by atoms with Crippen LogP contribution in [0.25, 0.3) is 21.7 Å². The number of hydrogen-bond donors (Lipinski definition) is 0. The number of amides is 2. The van der Waals surface area contributed by atoms with E-state index in [1.54, 1.807) is 18.2 Å². The lowest BCUT2D eigenvalue weighted by atomic mass is 10.1. The number of aromatic nitrogens is 2. The van der Waals surface area contributed by atoms with E-state index in [-0.39, 0.29) is 28.3 Å². The lowest BCUT2D eigenvalue weighted by Crippen LogP contribution is -2.32. The van der Waals surface area contributed by atoms with Crippen LogP contribution in [0, 0.1) is 0 Å². The second-order valence-corrected chi connectivity index (χ2v) is 8.33. The Bertz CT molecular complexity index is 1350. The maximum absolute atomic E-state index is 13.2. The first-order chi connectivity index (χ1) is 15.1. The van der Waals surface area contributed by atoms with Crippen LogP contribution in [-0.2, 0) is 4.84 Å². The minimum atomic E-state index is -0.843. The van der Waals surface area contributed by atoms with Gasteiger partial charge in [0.2, 0.25) is 0 Å². The standard InChI is InChI=1S/C22H13N3O5S/c26-20-12-4-1-2-5-13(12)21(27)25(20)30-22(28)14-10-15(16-6-3-9-31-16)23-19-17(14)18(24-29-19)11-7-8-11/h1-6,9-11H,7-8H2. The smallest absolute Gasteiger partial charge is 0.335 e. The van der Waals surface area contributed by atoms with E-state index in [4.69, 9.17) is 9.36 Å². The quantitative estimate of drug-likeness (QED) is 0.446. The van der Waals surface area contributed by atoms with Gasteiger partial charge in [-0.15, -0.1) is 11.3 Å². The summed E-state index contributed by atoms with van der Waals surface area (Å²) in [5.74, 6) is -2.00. The first-order valence-electron chi connectivity index (χ1n) is 9.66. The molecule has 2 aliphatic rings. The zero-order chi connectivity index (χ0) is 21.1. The summed E-state index contributed by atoms with van der Waals surface area (Å²) in [4.78, 5) is 49.1. The summed E-state index contributed by atoms with van der Waals surface area (Å²) < 4.78 is 5.43. The minimum Gasteiger partial charge on any atom is -0.335 e. The molecule has 4 aromatic rings. The van der Waals surface area contributed by atoms with Crippen LogP contribution in [0.5, 0.6) is 0 Å². The van der Waals surface area contributed by atoms with Gasteiger partial charge in [-0.05, 0) is 42.5 Å². The Kier molecular flexibility index (Phi) is 3.81. The molecule has 1 saturated carbocycles. The average molecular weight is 431 g/mol. The topological polar surface area (TPSA) is 103 Å². The Balaban J connectivity index is 1.43. The molecule has 0 spiro atoms. The van der Waals surface area contributed by atoms with Crippen LogP contribution in [0.4, 0.5) is 0 Å². The summed E-state index contributed by atoms with van der Waals surface area (Å²) in [5.41, 5.74) is 1.95. The molecule has 0 N–H and O–H groups in total. The van der Waals surface area contributed by atoms with Gasteiger partial charge in [0, 0.05) is 5.92 Å². The van der Waals surface area contributed by atoms with Crippen molar-refractivity contribution >= 4 is 40.2 Å². The summed E-state index contributed by atoms with van der Waals surface area (Å²) in [7, 11) is 0. The molecule has 152 valence electrons. The predicted octanol–water partition coefficient (Wildman–Crippen LogP) is 4.20. The molecule has 2 amide bonds. The second-order valence-electron chi connectivity index (χ2n) is 7.38. The van der Waals surface area contributed by atoms with Crippen molar-refractivity contribution in [3.8, 4) is 10.6 Å². The predicted molar refractivity (Wildman–Crippen MR) is 109 cm³/mol. The van der Waals surface area contributed by atoms with Gasteiger partial charge in [0.1, 0.15) is 0 Å². The molecule has 0 bridgehead atoms. The molecule has 1 aromatic carbocycles. The van der Waals surface area contributed by atoms with Crippen molar-refractivity contribution < 1.29 is 23.7 Å². The fourth-order valence-electron chi connectivity index (χ4n) is 3.70. The van der Waals surface area contributed by atoms with Gasteiger partial charge >= 0.3 is 5.97 Å². The molecule has 1 fully saturated rings. The first-order valence-corrected chi connectivity index (χ1v) is 10.5. The molecule has 0 atom stereocenters. The van der Waals surface area contributed by atoms with Crippen LogP contribution in [0.15, 0.2) is 52.4 Å². The van der Waals surface area contributed by atoms with E-state index in [0.29, 0.717) is 21.8 Å². The third kappa shape index (κ3) is 2.77. The number of imide groups is 1. The summed E-state index contributed by atoms with van der Waals surface area (Å²) in [6.07, 6.45) is 1.89. The lowest BCUT2D eigenvalue weighted by Gasteiger charge is -2.13. The third-order valence-electron chi connectivity index (χ3n) is 5.36. The third-order valence-corrected chi connectivity index (χ3v) is 6.25. The van der Waals surface area contributed by atoms with Gasteiger partial charge < -0.3 is 9.36 Å². The van der Waals surface area contributed by atoms with E-state index in [2.05, 4.69) is 10.1 Å². The van der Waals surface area contributed by atoms with Crippen LogP contribution in [0.1, 0.15) is 55.5 Å². The normalized spacial score (nSPS) is 15.5. The second kappa shape index (κ2) is 6.58. The van der Waals surface area contributed by atoms with Gasteiger partial charge in [-0.25, -0.2) is 9.78 Å². The first kappa shape index (κ1) is 18.0. The Morgan fingerprint density at radius 3 is 2.48 bits per heavy atom. The number of hydrogen-bond acceptors (Lipinski definition) is 8. The van der Waals surface area contributed by atoms with Gasteiger partial charge in [-0.1, -0.05) is 28.4 Å². The Labute approximate surface area is 179 Å². The summed E-state index contributed by atoms with van der Waals surface area (Å²) >= 11 is 1.46. The fourth-order valence-corrected chi connectivity index (χ4v) is 4.39. The zero-order valence-corrected chi connectivity index (χ0v) is 16.7. The van der Waals surface area contributed by atoms with Crippen molar-refractivity contribution in [1.82, 2.24) is 15.2 Å². The van der Waals surface area contributed by atoms with Crippen molar-refractivity contribution in [3.05, 3.63) is 70.2 Å². The summed E-state index contributed by atoms with van der Waals surface area (Å²) in [6.45, 7) is 0. The minimum absolute atomic E-state index is 0.160. The summed E-state index contributed by atoms with van der Waals surface area (Å²) in [6, 6.07) is 11.7. The highest BCUT2D eigenvalue weighted by Crippen LogP contribution is 2.44. The molecule has 31 heavy (non-hydrogen) atoms. The number of rotatable bonds is 4. The van der Waals surface area contributed by atoms with E-state index in [9.17, 15) is 14.4 Å². The molecule has 0 radical (unpaired) electrons. The van der Waals surface area contributed by atoms with Crippen molar-refractivity contribution in [2.24, 2.45) is 0 Å². The fraction of sp³-hybridized carbons (Fsp3) is 0.136. The van der Waals surface area contributed by atoms with Crippen molar-refractivity contribution in [1.29, 1.82) is 0 Å². The molecule has 9 heteroatoms. The van der Waals surface area contributed by atoms with E-state index < -0.39 is 17.8 Å². The van der Waals surface area contributed by atoms with Crippen molar-refractivity contribution in [2.45, 2.75) is 18.8 Å². The zero-order valence-electron chi connectivity index (χ0n) is 15.9. The Morgan fingerprint density at radius 1 is 1.10 bits per heavy atom. The molecule has 1 aliphatic carbocycles. The highest BCUT2D eigenvalue weighted by molar-refractivity contribution is 7.13. The number of nitrogens with zero attached hydrogens (tertiary/aromatic N) is 3. The molecule has 1 aliphatic heterocycles. The number of hydroxylamine groups is 2. The molecule has 4 heterocycles. The molecular weight excluding hydrogens is 418 g/mol. The average Bonchev–Trinajstić information content (AvgIpc) is 3.22. The van der Waals surface area contributed by atoms with Crippen molar-refractivity contribution in [2.75, 3.05) is 0 Å². The number of pyridine rings is 1. The van der Waals surface area contributed by atoms with Crippen molar-refractivity contribution in [3.63, 3.8) is 0 Å². The van der Waals surface area contributed by atoms with Gasteiger partial charge in [-0.3, -0.25) is 9.59 Å². The summed E-state index contributed by atoms with van der Waals surface area (Å²) in [5, 5.41) is 7.00. The number of thiophene rings is 1. The van der Waals surface area contributed by atoms with Gasteiger partial charge in [-0.2, -0.15) is 0 Å². The van der Waals surface area contributed by atoms with Crippen LogP contribution in [0.3, 0.4) is 0 Å². The number of carbonyl (C=O) groups is 3. The number of benzene rings is 1. The van der Waals surface area contributed by atoms with Crippen LogP contribution < -0.4 is 0 Å². The Hall–Kier alpha value is -3.85. The SMILES string of the molecule is O=C(ON1C(=O)c2ccccc2C1=O)c1cc(-c2cccs2)nc2onc(C3CC3)c12. The van der Waals surface area contributed by atoms with E-state index in [1.165, 1.54) is 23.5 Å². The van der Waals surface area contributed by atoms with Crippen LogP contribution in [-0.4, -0.2) is 33.0 Å². The van der Waals surface area contributed by atoms with E-state index >= 15 is 0 Å². The molecule has 6 rings (SSSR count). The highest BCUT2D eigenvalue weighted by Gasteiger charge is 2.40. The van der Waals surface area contributed by atoms with E-state index in [1.807, 2.05) is 17.5 Å².